The Morgan fingerprint density at radius 3 is 2.88 bits per heavy atom. The van der Waals surface area contributed by atoms with Crippen LogP contribution in [0.25, 0.3) is 0 Å². The Balaban J connectivity index is 2.74. The molecule has 0 heterocycles. The number of aryl methyl sites for hydroxylation is 1. The van der Waals surface area contributed by atoms with Gasteiger partial charge in [0, 0.05) is 5.33 Å². The molecule has 0 atom stereocenters. The molecular formula is C11H13BrO4. The third-order valence-corrected chi connectivity index (χ3v) is 2.47. The molecule has 0 saturated carbocycles. The van der Waals surface area contributed by atoms with E-state index in [0.29, 0.717) is 17.5 Å². The summed E-state index contributed by atoms with van der Waals surface area (Å²) < 4.78 is 5.09. The molecule has 0 spiro atoms. The van der Waals surface area contributed by atoms with E-state index < -0.39 is 0 Å². The van der Waals surface area contributed by atoms with E-state index >= 15 is 0 Å². The molecule has 1 rings (SSSR count). The average Bonchev–Trinajstić information content (AvgIpc) is 2.24. The highest BCUT2D eigenvalue weighted by molar-refractivity contribution is 9.09. The minimum atomic E-state index is -0.295. The van der Waals surface area contributed by atoms with E-state index in [0.717, 1.165) is 11.1 Å². The summed E-state index contributed by atoms with van der Waals surface area (Å²) in [7, 11) is 0. The number of esters is 1. The van der Waals surface area contributed by atoms with Gasteiger partial charge < -0.3 is 4.74 Å². The van der Waals surface area contributed by atoms with Crippen LogP contribution in [0, 0.1) is 6.92 Å². The van der Waals surface area contributed by atoms with Gasteiger partial charge >= 0.3 is 5.97 Å². The molecule has 0 radical (unpaired) electrons. The van der Waals surface area contributed by atoms with E-state index in [9.17, 15) is 4.79 Å². The Morgan fingerprint density at radius 2 is 2.25 bits per heavy atom. The van der Waals surface area contributed by atoms with Gasteiger partial charge in [0.25, 0.3) is 0 Å². The van der Waals surface area contributed by atoms with E-state index in [-0.39, 0.29) is 12.6 Å². The van der Waals surface area contributed by atoms with Crippen molar-refractivity contribution in [1.29, 1.82) is 0 Å². The zero-order valence-electron chi connectivity index (χ0n) is 8.90. The lowest BCUT2D eigenvalue weighted by Gasteiger charge is -2.07. The summed E-state index contributed by atoms with van der Waals surface area (Å²) in [5.41, 5.74) is 1.75. The number of rotatable bonds is 5. The predicted molar refractivity (Wildman–Crippen MR) is 62.6 cm³/mol. The largest absolute Gasteiger partial charge is 0.426 e. The van der Waals surface area contributed by atoms with Crippen LogP contribution < -0.4 is 4.74 Å². The zero-order chi connectivity index (χ0) is 12.0. The first-order valence-corrected chi connectivity index (χ1v) is 5.92. The molecule has 1 aromatic rings. The Hall–Kier alpha value is -0.910. The first-order valence-electron chi connectivity index (χ1n) is 4.80. The summed E-state index contributed by atoms with van der Waals surface area (Å²) in [5.74, 6) is 0.167. The van der Waals surface area contributed by atoms with E-state index in [1.54, 1.807) is 12.1 Å². The SMILES string of the molecule is Cc1ccc(OC(=O)CCBr)cc1COO. The van der Waals surface area contributed by atoms with Gasteiger partial charge in [-0.25, -0.2) is 4.89 Å². The van der Waals surface area contributed by atoms with Crippen LogP contribution in [0.2, 0.25) is 0 Å². The summed E-state index contributed by atoms with van der Waals surface area (Å²) in [5, 5.41) is 8.96. The molecule has 0 saturated heterocycles. The van der Waals surface area contributed by atoms with Crippen molar-refractivity contribution in [3.63, 3.8) is 0 Å². The Bertz CT molecular complexity index is 365. The molecule has 0 amide bonds. The average molecular weight is 289 g/mol. The summed E-state index contributed by atoms with van der Waals surface area (Å²) in [6.45, 7) is 1.97. The molecule has 4 nitrogen and oxygen atoms in total. The number of ether oxygens (including phenoxy) is 1. The van der Waals surface area contributed by atoms with Gasteiger partial charge in [-0.3, -0.25) is 10.1 Å². The maximum absolute atomic E-state index is 11.2. The van der Waals surface area contributed by atoms with Crippen LogP contribution in [-0.4, -0.2) is 16.6 Å². The fourth-order valence-corrected chi connectivity index (χ4v) is 1.52. The number of halogens is 1. The molecule has 0 aromatic heterocycles. The third-order valence-electron chi connectivity index (χ3n) is 2.07. The summed E-state index contributed by atoms with van der Waals surface area (Å²) in [6.07, 6.45) is 0.319. The predicted octanol–water partition coefficient (Wildman–Crippen LogP) is 2.68. The highest BCUT2D eigenvalue weighted by Gasteiger charge is 2.06. The number of hydrogen-bond donors (Lipinski definition) is 1. The van der Waals surface area contributed by atoms with Crippen molar-refractivity contribution in [1.82, 2.24) is 0 Å². The van der Waals surface area contributed by atoms with Gasteiger partial charge in [0.05, 0.1) is 6.42 Å². The van der Waals surface area contributed by atoms with Crippen LogP contribution in [0.1, 0.15) is 17.5 Å². The minimum Gasteiger partial charge on any atom is -0.426 e. The summed E-state index contributed by atoms with van der Waals surface area (Å²) >= 11 is 3.16. The molecule has 0 bridgehead atoms. The van der Waals surface area contributed by atoms with Gasteiger partial charge in [-0.2, -0.15) is 0 Å². The molecule has 1 N–H and O–H groups in total. The van der Waals surface area contributed by atoms with Crippen molar-refractivity contribution in [2.45, 2.75) is 20.0 Å². The van der Waals surface area contributed by atoms with Crippen LogP contribution in [0.5, 0.6) is 5.75 Å². The van der Waals surface area contributed by atoms with Crippen molar-refractivity contribution < 1.29 is 19.7 Å². The minimum absolute atomic E-state index is 0.0790. The van der Waals surface area contributed by atoms with Gasteiger partial charge in [0.15, 0.2) is 0 Å². The van der Waals surface area contributed by atoms with Gasteiger partial charge in [0.2, 0.25) is 0 Å². The number of carbonyl (C=O) groups is 1. The van der Waals surface area contributed by atoms with E-state index in [4.69, 9.17) is 9.99 Å². The molecule has 0 aliphatic rings. The second-order valence-electron chi connectivity index (χ2n) is 3.27. The Labute approximate surface area is 102 Å². The second-order valence-corrected chi connectivity index (χ2v) is 4.07. The maximum Gasteiger partial charge on any atom is 0.312 e. The molecule has 0 aliphatic carbocycles. The van der Waals surface area contributed by atoms with Crippen molar-refractivity contribution in [2.24, 2.45) is 0 Å². The van der Waals surface area contributed by atoms with Crippen LogP contribution >= 0.6 is 15.9 Å². The number of benzene rings is 1. The van der Waals surface area contributed by atoms with Gasteiger partial charge in [-0.05, 0) is 30.2 Å². The fraction of sp³-hybridized carbons (Fsp3) is 0.364. The zero-order valence-corrected chi connectivity index (χ0v) is 10.5. The van der Waals surface area contributed by atoms with Crippen LogP contribution in [0.15, 0.2) is 18.2 Å². The van der Waals surface area contributed by atoms with Gasteiger partial charge in [0.1, 0.15) is 12.4 Å². The molecule has 88 valence electrons. The first-order chi connectivity index (χ1) is 7.67. The number of hydrogen-bond acceptors (Lipinski definition) is 4. The van der Waals surface area contributed by atoms with E-state index in [1.807, 2.05) is 13.0 Å². The smallest absolute Gasteiger partial charge is 0.312 e. The lowest BCUT2D eigenvalue weighted by Crippen LogP contribution is -2.08. The lowest BCUT2D eigenvalue weighted by atomic mass is 10.1. The van der Waals surface area contributed by atoms with Gasteiger partial charge in [-0.15, -0.1) is 0 Å². The number of alkyl halides is 1. The molecule has 0 fully saturated rings. The fourth-order valence-electron chi connectivity index (χ4n) is 1.20. The van der Waals surface area contributed by atoms with Crippen LogP contribution in [0.3, 0.4) is 0 Å². The quantitative estimate of drug-likeness (QED) is 0.298. The second kappa shape index (κ2) is 6.62. The third kappa shape index (κ3) is 3.92. The van der Waals surface area contributed by atoms with Crippen LogP contribution in [0.4, 0.5) is 0 Å². The van der Waals surface area contributed by atoms with E-state index in [1.165, 1.54) is 0 Å². The van der Waals surface area contributed by atoms with Crippen molar-refractivity contribution >= 4 is 21.9 Å². The summed E-state index contributed by atoms with van der Waals surface area (Å²) in [4.78, 5) is 15.3. The lowest BCUT2D eigenvalue weighted by molar-refractivity contribution is -0.253. The standard InChI is InChI=1S/C11H13BrO4/c1-8-2-3-10(6-9(8)7-15-14)16-11(13)4-5-12/h2-3,6,14H,4-5,7H2,1H3. The number of carbonyl (C=O) groups excluding carboxylic acids is 1. The monoisotopic (exact) mass is 288 g/mol. The van der Waals surface area contributed by atoms with E-state index in [2.05, 4.69) is 20.8 Å². The van der Waals surface area contributed by atoms with Crippen molar-refractivity contribution in [3.8, 4) is 5.75 Å². The molecule has 16 heavy (non-hydrogen) atoms. The molecular weight excluding hydrogens is 276 g/mol. The molecule has 5 heteroatoms. The highest BCUT2D eigenvalue weighted by Crippen LogP contribution is 2.18. The molecule has 0 aliphatic heterocycles. The first kappa shape index (κ1) is 13.2. The molecule has 0 unspecified atom stereocenters. The van der Waals surface area contributed by atoms with Gasteiger partial charge in [-0.1, -0.05) is 22.0 Å². The van der Waals surface area contributed by atoms with Crippen molar-refractivity contribution in [2.75, 3.05) is 5.33 Å². The topological polar surface area (TPSA) is 55.8 Å². The Morgan fingerprint density at radius 1 is 1.50 bits per heavy atom. The normalized spacial score (nSPS) is 10.2. The van der Waals surface area contributed by atoms with Crippen molar-refractivity contribution in [3.05, 3.63) is 29.3 Å². The maximum atomic E-state index is 11.2. The molecule has 1 aromatic carbocycles. The Kier molecular flexibility index (Phi) is 5.45. The highest BCUT2D eigenvalue weighted by atomic mass is 79.9. The summed E-state index contributed by atoms with van der Waals surface area (Å²) in [6, 6.07) is 5.20. The van der Waals surface area contributed by atoms with Crippen LogP contribution in [-0.2, 0) is 16.3 Å².